The van der Waals surface area contributed by atoms with Gasteiger partial charge >= 0.3 is 24.0 Å². The molecule has 2 aromatic carbocycles. The Labute approximate surface area is 410 Å². The zero-order valence-corrected chi connectivity index (χ0v) is 41.5. The molecule has 4 unspecified atom stereocenters. The number of amides is 5. The van der Waals surface area contributed by atoms with Gasteiger partial charge in [0.15, 0.2) is 12.6 Å². The van der Waals surface area contributed by atoms with Crippen LogP contribution in [0.25, 0.3) is 0 Å². The van der Waals surface area contributed by atoms with Crippen LogP contribution in [0.5, 0.6) is 0 Å². The first-order chi connectivity index (χ1) is 33.2. The van der Waals surface area contributed by atoms with Crippen LogP contribution in [0.2, 0.25) is 0 Å². The molecule has 0 bridgehead atoms. The molecule has 11 atom stereocenters. The van der Waals surface area contributed by atoms with E-state index in [1.165, 1.54) is 20.8 Å². The van der Waals surface area contributed by atoms with Crippen molar-refractivity contribution in [3.63, 3.8) is 0 Å². The second-order valence-electron chi connectivity index (χ2n) is 17.2. The van der Waals surface area contributed by atoms with E-state index in [1.807, 2.05) is 60.7 Å². The van der Waals surface area contributed by atoms with E-state index in [0.717, 1.165) is 38.7 Å². The molecule has 23 heteroatoms. The van der Waals surface area contributed by atoms with E-state index in [0.29, 0.717) is 5.56 Å². The molecule has 2 aliphatic heterocycles. The first-order valence-corrected chi connectivity index (χ1v) is 23.6. The number of carbonyl (C=O) groups excluding carboxylic acids is 8. The van der Waals surface area contributed by atoms with Crippen molar-refractivity contribution >= 4 is 59.4 Å². The molecule has 2 aromatic rings. The number of nitrogens with one attached hydrogen (secondary N) is 5. The Kier molecular flexibility index (Phi) is 22.3. The Balaban J connectivity index is 1.39. The zero-order chi connectivity index (χ0) is 51.5. The molecule has 0 aliphatic carbocycles. The highest BCUT2D eigenvalue weighted by atomic mass is 32.2. The molecule has 0 radical (unpaired) electrons. The van der Waals surface area contributed by atoms with Crippen LogP contribution in [0, 0.1) is 0 Å². The van der Waals surface area contributed by atoms with Gasteiger partial charge in [-0.1, -0.05) is 60.7 Å². The summed E-state index contributed by atoms with van der Waals surface area (Å²) in [6, 6.07) is 12.5. The molecule has 5 amide bonds. The van der Waals surface area contributed by atoms with Crippen LogP contribution in [0.4, 0.5) is 4.79 Å². The Hall–Kier alpha value is -5.85. The SMILES string of the molecule is COC(=O)[C@H](CSC[C@@H](NC(=O)CC[C@@H](NC(=O)[C@H](C)NC(=O)[C@@H](C)OC1C(NC(C)=O)[C@@H](OCc2ccccc2)OC2COC(c3ccccc3)O[C@H]21)C(=O)OC)C(=O)OC)NC(=O)OC(C)(C)C. The van der Waals surface area contributed by atoms with Gasteiger partial charge in [-0.3, -0.25) is 19.2 Å². The summed E-state index contributed by atoms with van der Waals surface area (Å²) in [5, 5.41) is 12.9. The van der Waals surface area contributed by atoms with Gasteiger partial charge in [0, 0.05) is 30.4 Å². The number of ether oxygens (including phenoxy) is 9. The predicted molar refractivity (Wildman–Crippen MR) is 249 cm³/mol. The van der Waals surface area contributed by atoms with Gasteiger partial charge in [-0.15, -0.1) is 0 Å². The van der Waals surface area contributed by atoms with Crippen LogP contribution in [0.3, 0.4) is 0 Å². The van der Waals surface area contributed by atoms with E-state index in [1.54, 1.807) is 20.8 Å². The molecule has 4 rings (SSSR count). The normalized spacial score (nSPS) is 21.9. The van der Waals surface area contributed by atoms with Crippen LogP contribution < -0.4 is 26.6 Å². The van der Waals surface area contributed by atoms with Gasteiger partial charge in [0.1, 0.15) is 60.2 Å². The van der Waals surface area contributed by atoms with Gasteiger partial charge in [0.2, 0.25) is 23.6 Å². The van der Waals surface area contributed by atoms with Crippen molar-refractivity contribution in [2.75, 3.05) is 39.4 Å². The predicted octanol–water partition coefficient (Wildman–Crippen LogP) is 1.72. The van der Waals surface area contributed by atoms with Crippen molar-refractivity contribution in [3.05, 3.63) is 71.8 Å². The van der Waals surface area contributed by atoms with Crippen LogP contribution in [-0.2, 0) is 82.8 Å². The van der Waals surface area contributed by atoms with Gasteiger partial charge in [-0.05, 0) is 46.6 Å². The lowest BCUT2D eigenvalue weighted by Crippen LogP contribution is -2.68. The molecule has 2 fully saturated rings. The van der Waals surface area contributed by atoms with Crippen LogP contribution in [0.1, 0.15) is 71.8 Å². The first kappa shape index (κ1) is 56.7. The molecule has 0 aromatic heterocycles. The molecule has 70 heavy (non-hydrogen) atoms. The van der Waals surface area contributed by atoms with Crippen LogP contribution in [-0.4, -0.2) is 154 Å². The van der Waals surface area contributed by atoms with Gasteiger partial charge < -0.3 is 69.2 Å². The quantitative estimate of drug-likeness (QED) is 0.0783. The number of methoxy groups -OCH3 is 3. The summed E-state index contributed by atoms with van der Waals surface area (Å²) < 4.78 is 51.1. The summed E-state index contributed by atoms with van der Waals surface area (Å²) in [6.45, 7) is 9.27. The molecule has 0 spiro atoms. The van der Waals surface area contributed by atoms with Gasteiger partial charge in [0.05, 0.1) is 34.5 Å². The number of hydrogen-bond acceptors (Lipinski definition) is 18. The van der Waals surface area contributed by atoms with Crippen molar-refractivity contribution in [2.24, 2.45) is 0 Å². The smallest absolute Gasteiger partial charge is 0.408 e. The minimum absolute atomic E-state index is 0.0588. The average molecular weight is 1000 g/mol. The Morgan fingerprint density at radius 1 is 0.743 bits per heavy atom. The molecule has 2 saturated heterocycles. The number of rotatable bonds is 23. The number of carbonyl (C=O) groups is 8. The first-order valence-electron chi connectivity index (χ1n) is 22.5. The fourth-order valence-corrected chi connectivity index (χ4v) is 8.14. The lowest BCUT2D eigenvalue weighted by atomic mass is 9.95. The van der Waals surface area contributed by atoms with E-state index < -0.39 is 120 Å². The van der Waals surface area contributed by atoms with Crippen LogP contribution >= 0.6 is 11.8 Å². The number of fused-ring (bicyclic) bond motifs is 1. The maximum Gasteiger partial charge on any atom is 0.408 e. The van der Waals surface area contributed by atoms with Gasteiger partial charge in [-0.2, -0.15) is 11.8 Å². The fourth-order valence-electron chi connectivity index (χ4n) is 7.10. The monoisotopic (exact) mass is 1000 g/mol. The van der Waals surface area contributed by atoms with Crippen molar-refractivity contribution in [1.82, 2.24) is 26.6 Å². The summed E-state index contributed by atoms with van der Waals surface area (Å²) in [6.07, 6.45) is -7.37. The largest absolute Gasteiger partial charge is 0.467 e. The zero-order valence-electron chi connectivity index (χ0n) is 40.7. The van der Waals surface area contributed by atoms with E-state index in [-0.39, 0.29) is 37.6 Å². The lowest BCUT2D eigenvalue weighted by Gasteiger charge is -2.49. The van der Waals surface area contributed by atoms with E-state index in [2.05, 4.69) is 26.6 Å². The Bertz CT molecular complexity index is 2080. The third-order valence-electron chi connectivity index (χ3n) is 10.5. The van der Waals surface area contributed by atoms with Gasteiger partial charge in [-0.25, -0.2) is 19.2 Å². The summed E-state index contributed by atoms with van der Waals surface area (Å²) in [7, 11) is 3.35. The molecule has 5 N–H and O–H groups in total. The summed E-state index contributed by atoms with van der Waals surface area (Å²) in [5.74, 6) is -5.32. The Morgan fingerprint density at radius 2 is 1.33 bits per heavy atom. The van der Waals surface area contributed by atoms with E-state index in [4.69, 9.17) is 42.6 Å². The number of alkyl carbamates (subject to hydrolysis) is 1. The summed E-state index contributed by atoms with van der Waals surface area (Å²) in [4.78, 5) is 103. The average Bonchev–Trinajstić information content (AvgIpc) is 3.33. The fraction of sp³-hybridized carbons (Fsp3) is 0.574. The number of thioether (sulfide) groups is 1. The highest BCUT2D eigenvalue weighted by Crippen LogP contribution is 2.36. The molecular formula is C47H65N5O17S. The topological polar surface area (TPSA) is 280 Å². The molecule has 386 valence electrons. The highest BCUT2D eigenvalue weighted by molar-refractivity contribution is 7.99. The highest BCUT2D eigenvalue weighted by Gasteiger charge is 2.52. The van der Waals surface area contributed by atoms with Gasteiger partial charge in [0.25, 0.3) is 0 Å². The standard InChI is InChI=1S/C47H65N5O17S/c1-26(39(55)51-31(41(57)61-7)20-21-35(54)50-32(42(58)62-8)24-70-25-33(43(59)63-9)52-46(60)69-47(4,5)6)48-40(56)27(2)66-38-36(49-28(3)53)45(64-22-29-16-12-10-13-17-29)67-34-23-65-44(68-37(34)38)30-18-14-11-15-19-30/h10-19,26-27,31-34,36-38,44-45H,20-25H2,1-9H3,(H,48,56)(H,49,53)(H,50,54)(H,51,55)(H,52,60)/t26-,27+,31+,32+,33-,34?,36?,37+,38?,44?,45-/m0/s1. The minimum atomic E-state index is -1.37. The molecular weight excluding hydrogens is 939 g/mol. The van der Waals surface area contributed by atoms with Crippen molar-refractivity contribution in [1.29, 1.82) is 0 Å². The molecule has 2 heterocycles. The van der Waals surface area contributed by atoms with E-state index >= 15 is 0 Å². The summed E-state index contributed by atoms with van der Waals surface area (Å²) >= 11 is 1.03. The van der Waals surface area contributed by atoms with Crippen LogP contribution in [0.15, 0.2) is 60.7 Å². The number of esters is 3. The van der Waals surface area contributed by atoms with Crippen molar-refractivity contribution < 1.29 is 81.0 Å². The Morgan fingerprint density at radius 3 is 1.91 bits per heavy atom. The second-order valence-corrected chi connectivity index (χ2v) is 18.3. The summed E-state index contributed by atoms with van der Waals surface area (Å²) in [5.41, 5.74) is 0.715. The second kappa shape index (κ2) is 27.5. The van der Waals surface area contributed by atoms with Crippen molar-refractivity contribution in [3.8, 4) is 0 Å². The molecule has 0 saturated carbocycles. The number of benzene rings is 2. The number of hydrogen-bond donors (Lipinski definition) is 5. The van der Waals surface area contributed by atoms with E-state index in [9.17, 15) is 38.4 Å². The third kappa shape index (κ3) is 17.8. The maximum absolute atomic E-state index is 13.8. The maximum atomic E-state index is 13.8. The third-order valence-corrected chi connectivity index (χ3v) is 11.7. The minimum Gasteiger partial charge on any atom is -0.467 e. The van der Waals surface area contributed by atoms with Crippen molar-refractivity contribution in [2.45, 2.75) is 134 Å². The molecule has 2 aliphatic rings. The lowest BCUT2D eigenvalue weighted by molar-refractivity contribution is -0.351. The molecule has 22 nitrogen and oxygen atoms in total.